The third-order valence-corrected chi connectivity index (χ3v) is 3.66. The monoisotopic (exact) mass is 332 g/mol. The highest BCUT2D eigenvalue weighted by Crippen LogP contribution is 2.24. The Balaban J connectivity index is 2.17. The molecule has 0 aromatic heterocycles. The van der Waals surface area contributed by atoms with Crippen LogP contribution in [-0.2, 0) is 6.42 Å². The molecule has 0 spiro atoms. The van der Waals surface area contributed by atoms with Gasteiger partial charge in [-0.15, -0.1) is 0 Å². The van der Waals surface area contributed by atoms with Crippen molar-refractivity contribution in [2.45, 2.75) is 20.3 Å². The molecule has 104 valence electrons. The Kier molecular flexibility index (Phi) is 4.96. The van der Waals surface area contributed by atoms with Gasteiger partial charge in [0.05, 0.1) is 6.61 Å². The average molecular weight is 333 g/mol. The number of hydrogen-bond donors (Lipinski definition) is 0. The van der Waals surface area contributed by atoms with Gasteiger partial charge in [0.25, 0.3) is 0 Å². The highest BCUT2D eigenvalue weighted by atomic mass is 79.9. The molecule has 0 saturated heterocycles. The summed E-state index contributed by atoms with van der Waals surface area (Å²) in [4.78, 5) is 12.3. The van der Waals surface area contributed by atoms with Crippen LogP contribution in [0.1, 0.15) is 28.4 Å². The molecule has 0 aliphatic carbocycles. The van der Waals surface area contributed by atoms with Gasteiger partial charge in [-0.05, 0) is 53.5 Å². The minimum absolute atomic E-state index is 0.102. The quantitative estimate of drug-likeness (QED) is 0.749. The number of ether oxygens (including phenoxy) is 1. The number of hydrogen-bond acceptors (Lipinski definition) is 2. The Morgan fingerprint density at radius 1 is 1.20 bits per heavy atom. The average Bonchev–Trinajstić information content (AvgIpc) is 2.39. The van der Waals surface area contributed by atoms with Gasteiger partial charge in [0.1, 0.15) is 5.75 Å². The van der Waals surface area contributed by atoms with E-state index in [2.05, 4.69) is 15.9 Å². The highest BCUT2D eigenvalue weighted by Gasteiger charge is 2.12. The summed E-state index contributed by atoms with van der Waals surface area (Å²) in [5.41, 5.74) is 2.90. The SMILES string of the molecule is CCOc1ccc(C(=O)Cc2cccc(C)c2)c(Br)c1. The fraction of sp³-hybridized carbons (Fsp3) is 0.235. The van der Waals surface area contributed by atoms with E-state index >= 15 is 0 Å². The van der Waals surface area contributed by atoms with Gasteiger partial charge < -0.3 is 4.74 Å². The van der Waals surface area contributed by atoms with Gasteiger partial charge in [-0.25, -0.2) is 0 Å². The fourth-order valence-electron chi connectivity index (χ4n) is 2.08. The van der Waals surface area contributed by atoms with Crippen LogP contribution >= 0.6 is 15.9 Å². The summed E-state index contributed by atoms with van der Waals surface area (Å²) >= 11 is 3.44. The van der Waals surface area contributed by atoms with Crippen LogP contribution in [0.2, 0.25) is 0 Å². The molecule has 0 atom stereocenters. The third-order valence-electron chi connectivity index (χ3n) is 3.00. The molecule has 0 N–H and O–H groups in total. The van der Waals surface area contributed by atoms with Crippen molar-refractivity contribution in [3.8, 4) is 5.75 Å². The second-order valence-corrected chi connectivity index (χ2v) is 5.52. The Bertz CT molecular complexity index is 620. The van der Waals surface area contributed by atoms with Gasteiger partial charge in [0.15, 0.2) is 5.78 Å². The minimum atomic E-state index is 0.102. The first-order valence-corrected chi connectivity index (χ1v) is 7.40. The summed E-state index contributed by atoms with van der Waals surface area (Å²) in [6.07, 6.45) is 0.411. The maximum Gasteiger partial charge on any atom is 0.168 e. The van der Waals surface area contributed by atoms with E-state index in [9.17, 15) is 4.79 Å². The van der Waals surface area contributed by atoms with Crippen molar-refractivity contribution >= 4 is 21.7 Å². The standard InChI is InChI=1S/C17H17BrO2/c1-3-20-14-7-8-15(16(18)11-14)17(19)10-13-6-4-5-12(2)9-13/h4-9,11H,3,10H2,1-2H3. The van der Waals surface area contributed by atoms with E-state index in [0.717, 1.165) is 15.8 Å². The molecule has 2 nitrogen and oxygen atoms in total. The Morgan fingerprint density at radius 2 is 2.00 bits per heavy atom. The van der Waals surface area contributed by atoms with Crippen LogP contribution < -0.4 is 4.74 Å². The number of halogens is 1. The van der Waals surface area contributed by atoms with Crippen LogP contribution in [0.5, 0.6) is 5.75 Å². The van der Waals surface area contributed by atoms with E-state index in [0.29, 0.717) is 18.6 Å². The lowest BCUT2D eigenvalue weighted by molar-refractivity contribution is 0.0992. The first-order valence-electron chi connectivity index (χ1n) is 6.61. The molecular weight excluding hydrogens is 316 g/mol. The molecule has 0 amide bonds. The Morgan fingerprint density at radius 3 is 2.65 bits per heavy atom. The van der Waals surface area contributed by atoms with E-state index in [4.69, 9.17) is 4.74 Å². The number of ketones is 1. The van der Waals surface area contributed by atoms with Crippen LogP contribution in [0.15, 0.2) is 46.9 Å². The molecule has 3 heteroatoms. The van der Waals surface area contributed by atoms with Crippen molar-refractivity contribution in [1.82, 2.24) is 0 Å². The summed E-state index contributed by atoms with van der Waals surface area (Å²) < 4.78 is 6.19. The van der Waals surface area contributed by atoms with Crippen molar-refractivity contribution < 1.29 is 9.53 Å². The van der Waals surface area contributed by atoms with Gasteiger partial charge in [0.2, 0.25) is 0 Å². The molecular formula is C17H17BrO2. The fourth-order valence-corrected chi connectivity index (χ4v) is 2.66. The molecule has 0 aliphatic rings. The normalized spacial score (nSPS) is 10.3. The molecule has 2 aromatic carbocycles. The largest absolute Gasteiger partial charge is 0.494 e. The molecule has 0 heterocycles. The second-order valence-electron chi connectivity index (χ2n) is 4.66. The zero-order valence-electron chi connectivity index (χ0n) is 11.7. The number of carbonyl (C=O) groups is 1. The third kappa shape index (κ3) is 3.70. The summed E-state index contributed by atoms with van der Waals surface area (Å²) in [6, 6.07) is 13.5. The number of aryl methyl sites for hydroxylation is 1. The topological polar surface area (TPSA) is 26.3 Å². The first kappa shape index (κ1) is 14.8. The van der Waals surface area contributed by atoms with E-state index in [1.54, 1.807) is 0 Å². The van der Waals surface area contributed by atoms with E-state index in [1.165, 1.54) is 5.56 Å². The molecule has 0 bridgehead atoms. The number of Topliss-reactive ketones (excluding diaryl/α,β-unsaturated/α-hetero) is 1. The smallest absolute Gasteiger partial charge is 0.168 e. The van der Waals surface area contributed by atoms with Crippen molar-refractivity contribution in [3.05, 3.63) is 63.6 Å². The summed E-state index contributed by atoms with van der Waals surface area (Å²) in [7, 11) is 0. The molecule has 0 saturated carbocycles. The van der Waals surface area contributed by atoms with Gasteiger partial charge in [0, 0.05) is 16.5 Å². The first-order chi connectivity index (χ1) is 9.60. The lowest BCUT2D eigenvalue weighted by Gasteiger charge is -2.08. The summed E-state index contributed by atoms with van der Waals surface area (Å²) in [5.74, 6) is 0.872. The van der Waals surface area contributed by atoms with Crippen molar-refractivity contribution in [1.29, 1.82) is 0 Å². The summed E-state index contributed by atoms with van der Waals surface area (Å²) in [6.45, 7) is 4.58. The molecule has 0 radical (unpaired) electrons. The van der Waals surface area contributed by atoms with Crippen molar-refractivity contribution in [2.75, 3.05) is 6.61 Å². The molecule has 0 fully saturated rings. The predicted octanol–water partition coefficient (Wildman–Crippen LogP) is 4.58. The zero-order chi connectivity index (χ0) is 14.5. The van der Waals surface area contributed by atoms with E-state index in [-0.39, 0.29) is 5.78 Å². The highest BCUT2D eigenvalue weighted by molar-refractivity contribution is 9.10. The van der Waals surface area contributed by atoms with E-state index < -0.39 is 0 Å². The minimum Gasteiger partial charge on any atom is -0.494 e. The van der Waals surface area contributed by atoms with Gasteiger partial charge in [-0.2, -0.15) is 0 Å². The molecule has 0 aliphatic heterocycles. The van der Waals surface area contributed by atoms with Gasteiger partial charge in [-0.1, -0.05) is 29.8 Å². The van der Waals surface area contributed by atoms with Gasteiger partial charge >= 0.3 is 0 Å². The van der Waals surface area contributed by atoms with Crippen molar-refractivity contribution in [3.63, 3.8) is 0 Å². The van der Waals surface area contributed by atoms with Crippen LogP contribution in [0.25, 0.3) is 0 Å². The molecule has 2 rings (SSSR count). The maximum absolute atomic E-state index is 12.3. The number of carbonyl (C=O) groups excluding carboxylic acids is 1. The second kappa shape index (κ2) is 6.71. The van der Waals surface area contributed by atoms with Crippen LogP contribution in [0.3, 0.4) is 0 Å². The van der Waals surface area contributed by atoms with Crippen LogP contribution in [0.4, 0.5) is 0 Å². The molecule has 0 unspecified atom stereocenters. The summed E-state index contributed by atoms with van der Waals surface area (Å²) in [5, 5.41) is 0. The van der Waals surface area contributed by atoms with E-state index in [1.807, 2.05) is 56.3 Å². The molecule has 20 heavy (non-hydrogen) atoms. The lowest BCUT2D eigenvalue weighted by Crippen LogP contribution is -2.05. The molecule has 2 aromatic rings. The zero-order valence-corrected chi connectivity index (χ0v) is 13.2. The lowest BCUT2D eigenvalue weighted by atomic mass is 10.0. The maximum atomic E-state index is 12.3. The van der Waals surface area contributed by atoms with Crippen LogP contribution in [0, 0.1) is 6.92 Å². The predicted molar refractivity (Wildman–Crippen MR) is 84.5 cm³/mol. The number of rotatable bonds is 5. The number of benzene rings is 2. The Hall–Kier alpha value is -1.61. The van der Waals surface area contributed by atoms with Crippen molar-refractivity contribution in [2.24, 2.45) is 0 Å². The Labute approximate surface area is 127 Å². The van der Waals surface area contributed by atoms with Gasteiger partial charge in [-0.3, -0.25) is 4.79 Å². The van der Waals surface area contributed by atoms with Crippen LogP contribution in [-0.4, -0.2) is 12.4 Å².